The zero-order valence-electron chi connectivity index (χ0n) is 15.1. The number of rotatable bonds is 7. The van der Waals surface area contributed by atoms with Gasteiger partial charge >= 0.3 is 0 Å². The second-order valence-corrected chi connectivity index (χ2v) is 6.08. The van der Waals surface area contributed by atoms with Crippen LogP contribution in [0.4, 0.5) is 5.69 Å². The molecule has 7 nitrogen and oxygen atoms in total. The molecule has 0 unspecified atom stereocenters. The standard InChI is InChI=1S/C21H19N5O2/c27-21(19-10-12-26(24-19)17-6-2-1-3-7-17)23-18-8-4-5-9-20(18)28-15-14-25-13-11-22-16-25/h1-13,16H,14-15H2,(H,23,27). The zero-order valence-corrected chi connectivity index (χ0v) is 15.1. The van der Waals surface area contributed by atoms with Gasteiger partial charge in [0.25, 0.3) is 5.91 Å². The molecule has 2 heterocycles. The summed E-state index contributed by atoms with van der Waals surface area (Å²) in [6.45, 7) is 1.13. The molecule has 7 heteroatoms. The molecule has 0 saturated heterocycles. The molecule has 0 aliphatic carbocycles. The van der Waals surface area contributed by atoms with Crippen LogP contribution in [-0.4, -0.2) is 31.8 Å². The summed E-state index contributed by atoms with van der Waals surface area (Å²) in [6, 6.07) is 18.7. The molecule has 2 aromatic heterocycles. The van der Waals surface area contributed by atoms with Gasteiger partial charge in [0.15, 0.2) is 5.69 Å². The van der Waals surface area contributed by atoms with Gasteiger partial charge in [-0.2, -0.15) is 5.10 Å². The van der Waals surface area contributed by atoms with E-state index < -0.39 is 0 Å². The van der Waals surface area contributed by atoms with Crippen molar-refractivity contribution in [2.45, 2.75) is 6.54 Å². The van der Waals surface area contributed by atoms with Crippen molar-refractivity contribution in [3.63, 3.8) is 0 Å². The summed E-state index contributed by atoms with van der Waals surface area (Å²) >= 11 is 0. The highest BCUT2D eigenvalue weighted by molar-refractivity contribution is 6.03. The lowest BCUT2D eigenvalue weighted by atomic mass is 10.3. The summed E-state index contributed by atoms with van der Waals surface area (Å²) < 4.78 is 9.43. The molecule has 4 aromatic rings. The number of hydrogen-bond acceptors (Lipinski definition) is 4. The third-order valence-electron chi connectivity index (χ3n) is 4.14. The molecule has 0 spiro atoms. The second-order valence-electron chi connectivity index (χ2n) is 6.08. The molecule has 0 radical (unpaired) electrons. The average Bonchev–Trinajstić information content (AvgIpc) is 3.42. The Morgan fingerprint density at radius 3 is 2.64 bits per heavy atom. The molecular weight excluding hydrogens is 354 g/mol. The number of nitrogens with zero attached hydrogens (tertiary/aromatic N) is 4. The summed E-state index contributed by atoms with van der Waals surface area (Å²) in [7, 11) is 0. The van der Waals surface area contributed by atoms with Gasteiger partial charge in [-0.3, -0.25) is 4.79 Å². The fraction of sp³-hybridized carbons (Fsp3) is 0.0952. The van der Waals surface area contributed by atoms with Crippen LogP contribution in [0.2, 0.25) is 0 Å². The number of para-hydroxylation sites is 3. The smallest absolute Gasteiger partial charge is 0.276 e. The van der Waals surface area contributed by atoms with Crippen molar-refractivity contribution in [3.8, 4) is 11.4 Å². The lowest BCUT2D eigenvalue weighted by Crippen LogP contribution is -2.15. The van der Waals surface area contributed by atoms with E-state index in [1.54, 1.807) is 35.5 Å². The molecular formula is C21H19N5O2. The molecule has 1 N–H and O–H groups in total. The zero-order chi connectivity index (χ0) is 19.2. The molecule has 2 aromatic carbocycles. The highest BCUT2D eigenvalue weighted by Gasteiger charge is 2.13. The first-order valence-corrected chi connectivity index (χ1v) is 8.89. The summed E-state index contributed by atoms with van der Waals surface area (Å²) in [5.41, 5.74) is 1.83. The topological polar surface area (TPSA) is 74.0 Å². The Morgan fingerprint density at radius 1 is 1.00 bits per heavy atom. The number of carbonyl (C=O) groups excluding carboxylic acids is 1. The Kier molecular flexibility index (Phi) is 5.15. The van der Waals surface area contributed by atoms with Gasteiger partial charge in [-0.15, -0.1) is 0 Å². The minimum Gasteiger partial charge on any atom is -0.490 e. The highest BCUT2D eigenvalue weighted by atomic mass is 16.5. The SMILES string of the molecule is O=C(Nc1ccccc1OCCn1ccnc1)c1ccn(-c2ccccc2)n1. The molecule has 28 heavy (non-hydrogen) atoms. The van der Waals surface area contributed by atoms with Crippen LogP contribution in [0.5, 0.6) is 5.75 Å². The number of benzene rings is 2. The van der Waals surface area contributed by atoms with Gasteiger partial charge in [-0.25, -0.2) is 9.67 Å². The number of nitrogens with one attached hydrogen (secondary N) is 1. The van der Waals surface area contributed by atoms with E-state index in [0.29, 0.717) is 30.3 Å². The molecule has 140 valence electrons. The van der Waals surface area contributed by atoms with Gasteiger partial charge in [-0.1, -0.05) is 30.3 Å². The fourth-order valence-electron chi connectivity index (χ4n) is 2.73. The number of imidazole rings is 1. The molecule has 0 bridgehead atoms. The van der Waals surface area contributed by atoms with E-state index >= 15 is 0 Å². The van der Waals surface area contributed by atoms with Crippen LogP contribution < -0.4 is 10.1 Å². The predicted molar refractivity (Wildman–Crippen MR) is 106 cm³/mol. The van der Waals surface area contributed by atoms with Crippen molar-refractivity contribution in [2.75, 3.05) is 11.9 Å². The Morgan fingerprint density at radius 2 is 1.82 bits per heavy atom. The van der Waals surface area contributed by atoms with E-state index in [9.17, 15) is 4.79 Å². The Bertz CT molecular complexity index is 1040. The number of anilines is 1. The number of carbonyl (C=O) groups is 1. The van der Waals surface area contributed by atoms with Crippen molar-refractivity contribution in [3.05, 3.63) is 91.3 Å². The van der Waals surface area contributed by atoms with Gasteiger partial charge in [0.2, 0.25) is 0 Å². The second kappa shape index (κ2) is 8.22. The van der Waals surface area contributed by atoms with Crippen LogP contribution in [-0.2, 0) is 6.54 Å². The van der Waals surface area contributed by atoms with Crippen LogP contribution in [0, 0.1) is 0 Å². The average molecular weight is 373 g/mol. The maximum atomic E-state index is 12.6. The van der Waals surface area contributed by atoms with Crippen LogP contribution in [0.3, 0.4) is 0 Å². The number of hydrogen-bond donors (Lipinski definition) is 1. The Labute approximate surface area is 162 Å². The van der Waals surface area contributed by atoms with Gasteiger partial charge < -0.3 is 14.6 Å². The molecule has 0 aliphatic rings. The van der Waals surface area contributed by atoms with E-state index in [4.69, 9.17) is 4.74 Å². The predicted octanol–water partition coefficient (Wildman–Crippen LogP) is 3.40. The molecule has 0 aliphatic heterocycles. The molecule has 1 amide bonds. The molecule has 0 saturated carbocycles. The van der Waals surface area contributed by atoms with Gasteiger partial charge in [0.1, 0.15) is 12.4 Å². The van der Waals surface area contributed by atoms with Crippen molar-refractivity contribution in [2.24, 2.45) is 0 Å². The van der Waals surface area contributed by atoms with Crippen molar-refractivity contribution < 1.29 is 9.53 Å². The third kappa shape index (κ3) is 4.09. The quantitative estimate of drug-likeness (QED) is 0.539. The Balaban J connectivity index is 1.42. The third-order valence-corrected chi connectivity index (χ3v) is 4.14. The highest BCUT2D eigenvalue weighted by Crippen LogP contribution is 2.24. The van der Waals surface area contributed by atoms with E-state index in [0.717, 1.165) is 5.69 Å². The Hall–Kier alpha value is -3.87. The summed E-state index contributed by atoms with van der Waals surface area (Å²) in [4.78, 5) is 16.6. The van der Waals surface area contributed by atoms with Gasteiger partial charge in [-0.05, 0) is 30.3 Å². The van der Waals surface area contributed by atoms with Gasteiger partial charge in [0.05, 0.1) is 24.2 Å². The first kappa shape index (κ1) is 17.5. The number of aromatic nitrogens is 4. The lowest BCUT2D eigenvalue weighted by Gasteiger charge is -2.12. The van der Waals surface area contributed by atoms with Crippen LogP contribution in [0.15, 0.2) is 85.6 Å². The summed E-state index contributed by atoms with van der Waals surface area (Å²) in [6.07, 6.45) is 7.10. The summed E-state index contributed by atoms with van der Waals surface area (Å²) in [5, 5.41) is 7.23. The normalized spacial score (nSPS) is 10.6. The van der Waals surface area contributed by atoms with E-state index in [2.05, 4.69) is 15.4 Å². The molecule has 0 atom stereocenters. The maximum absolute atomic E-state index is 12.6. The van der Waals surface area contributed by atoms with Crippen LogP contribution in [0.25, 0.3) is 5.69 Å². The lowest BCUT2D eigenvalue weighted by molar-refractivity contribution is 0.102. The van der Waals surface area contributed by atoms with E-state index in [1.165, 1.54) is 0 Å². The van der Waals surface area contributed by atoms with Crippen molar-refractivity contribution >= 4 is 11.6 Å². The van der Waals surface area contributed by atoms with E-state index in [-0.39, 0.29) is 5.91 Å². The van der Waals surface area contributed by atoms with Gasteiger partial charge in [0, 0.05) is 18.6 Å². The first-order chi connectivity index (χ1) is 13.8. The monoisotopic (exact) mass is 373 g/mol. The van der Waals surface area contributed by atoms with Crippen LogP contribution in [0.1, 0.15) is 10.5 Å². The minimum atomic E-state index is -0.291. The van der Waals surface area contributed by atoms with Crippen molar-refractivity contribution in [1.82, 2.24) is 19.3 Å². The molecule has 4 rings (SSSR count). The van der Waals surface area contributed by atoms with E-state index in [1.807, 2.05) is 59.3 Å². The van der Waals surface area contributed by atoms with Crippen molar-refractivity contribution in [1.29, 1.82) is 0 Å². The summed E-state index contributed by atoms with van der Waals surface area (Å²) in [5.74, 6) is 0.318. The molecule has 0 fully saturated rings. The minimum absolute atomic E-state index is 0.291. The largest absolute Gasteiger partial charge is 0.490 e. The fourth-order valence-corrected chi connectivity index (χ4v) is 2.73. The first-order valence-electron chi connectivity index (χ1n) is 8.89. The number of ether oxygens (including phenoxy) is 1. The maximum Gasteiger partial charge on any atom is 0.276 e. The number of amides is 1. The van der Waals surface area contributed by atoms with Crippen LogP contribution >= 0.6 is 0 Å².